The van der Waals surface area contributed by atoms with Crippen molar-refractivity contribution in [3.63, 3.8) is 0 Å². The summed E-state index contributed by atoms with van der Waals surface area (Å²) < 4.78 is 27.0. The van der Waals surface area contributed by atoms with Crippen LogP contribution in [0.4, 0.5) is 5.69 Å². The van der Waals surface area contributed by atoms with Gasteiger partial charge in [0.25, 0.3) is 0 Å². The van der Waals surface area contributed by atoms with E-state index in [9.17, 15) is 18.0 Å². The molecule has 1 N–H and O–H groups in total. The number of rotatable bonds is 9. The van der Waals surface area contributed by atoms with Gasteiger partial charge in [0.15, 0.2) is 0 Å². The van der Waals surface area contributed by atoms with Crippen molar-refractivity contribution in [2.45, 2.75) is 64.6 Å². The molecule has 0 aliphatic heterocycles. The highest BCUT2D eigenvalue weighted by Gasteiger charge is 2.31. The Balaban J connectivity index is 1.87. The Morgan fingerprint density at radius 2 is 1.69 bits per heavy atom. The Labute approximate surface area is 217 Å². The number of hydrogen-bond acceptors (Lipinski definition) is 4. The van der Waals surface area contributed by atoms with Crippen molar-refractivity contribution in [2.75, 3.05) is 17.1 Å². The molecule has 1 saturated carbocycles. The first-order valence-corrected chi connectivity index (χ1v) is 14.6. The number of nitrogens with zero attached hydrogens (tertiary/aromatic N) is 2. The minimum atomic E-state index is -3.76. The van der Waals surface area contributed by atoms with E-state index in [1.165, 1.54) is 11.3 Å². The Morgan fingerprint density at radius 1 is 1.06 bits per heavy atom. The van der Waals surface area contributed by atoms with Gasteiger partial charge in [0.1, 0.15) is 12.6 Å². The summed E-state index contributed by atoms with van der Waals surface area (Å²) in [6, 6.07) is 14.0. The van der Waals surface area contributed by atoms with Crippen LogP contribution in [0.25, 0.3) is 0 Å². The number of para-hydroxylation sites is 1. The molecule has 9 heteroatoms. The first-order chi connectivity index (χ1) is 16.6. The molecule has 1 aliphatic rings. The lowest BCUT2D eigenvalue weighted by molar-refractivity contribution is -0.139. The predicted octanol–water partition coefficient (Wildman–Crippen LogP) is 4.39. The normalized spacial score (nSPS) is 15.3. The number of benzene rings is 2. The number of sulfonamides is 1. The van der Waals surface area contributed by atoms with E-state index in [-0.39, 0.29) is 18.5 Å². The lowest BCUT2D eigenvalue weighted by Gasteiger charge is -2.33. The lowest BCUT2D eigenvalue weighted by Crippen LogP contribution is -2.53. The van der Waals surface area contributed by atoms with Gasteiger partial charge in [0, 0.05) is 17.1 Å². The Bertz CT molecular complexity index is 1130. The molecule has 2 aromatic carbocycles. The zero-order chi connectivity index (χ0) is 25.6. The smallest absolute Gasteiger partial charge is 0.244 e. The quantitative estimate of drug-likeness (QED) is 0.490. The van der Waals surface area contributed by atoms with Gasteiger partial charge in [-0.25, -0.2) is 8.42 Å². The summed E-state index contributed by atoms with van der Waals surface area (Å²) in [4.78, 5) is 28.3. The lowest BCUT2D eigenvalue weighted by atomic mass is 9.95. The topological polar surface area (TPSA) is 86.8 Å². The van der Waals surface area contributed by atoms with Gasteiger partial charge in [-0.3, -0.25) is 13.9 Å². The van der Waals surface area contributed by atoms with Crippen LogP contribution < -0.4 is 9.62 Å². The molecule has 1 unspecified atom stereocenters. The maximum absolute atomic E-state index is 13.6. The number of nitrogens with one attached hydrogen (secondary N) is 1. The van der Waals surface area contributed by atoms with Gasteiger partial charge in [-0.1, -0.05) is 61.2 Å². The first-order valence-electron chi connectivity index (χ1n) is 11.9. The fourth-order valence-corrected chi connectivity index (χ4v) is 5.77. The van der Waals surface area contributed by atoms with Gasteiger partial charge in [0.05, 0.1) is 11.9 Å². The molecule has 0 radical (unpaired) electrons. The SMILES string of the molecule is Cc1ccc(CN(C(=O)CN(c2ccccc2Br)S(C)(=O)=O)C(C)C(=O)NC2CCCCC2)cc1. The molecule has 1 aliphatic carbocycles. The molecule has 1 fully saturated rings. The van der Waals surface area contributed by atoms with Crippen LogP contribution in [-0.4, -0.2) is 50.0 Å². The molecule has 0 bridgehead atoms. The molecule has 1 atom stereocenters. The van der Waals surface area contributed by atoms with Crippen molar-refractivity contribution < 1.29 is 18.0 Å². The number of carbonyl (C=O) groups is 2. The molecule has 2 aromatic rings. The second-order valence-electron chi connectivity index (χ2n) is 9.25. The Hall–Kier alpha value is -2.39. The average molecular weight is 565 g/mol. The fourth-order valence-electron chi connectivity index (χ4n) is 4.29. The highest BCUT2D eigenvalue weighted by Crippen LogP contribution is 2.28. The van der Waals surface area contributed by atoms with E-state index in [1.807, 2.05) is 31.2 Å². The summed E-state index contributed by atoms with van der Waals surface area (Å²) in [7, 11) is -3.76. The van der Waals surface area contributed by atoms with E-state index < -0.39 is 28.5 Å². The summed E-state index contributed by atoms with van der Waals surface area (Å²) in [5.74, 6) is -0.665. The standard InChI is InChI=1S/C26H34BrN3O4S/c1-19-13-15-21(16-14-19)17-29(20(2)26(32)28-22-9-5-4-6-10-22)25(31)18-30(35(3,33)34)24-12-8-7-11-23(24)27/h7-8,11-16,20,22H,4-6,9-10,17-18H2,1-3H3,(H,28,32). The van der Waals surface area contributed by atoms with Gasteiger partial charge in [-0.2, -0.15) is 0 Å². The molecule has 190 valence electrons. The maximum atomic E-state index is 13.6. The number of halogens is 1. The molecule has 3 rings (SSSR count). The van der Waals surface area contributed by atoms with E-state index in [0.717, 1.165) is 47.4 Å². The van der Waals surface area contributed by atoms with Crippen LogP contribution in [-0.2, 0) is 26.2 Å². The second kappa shape index (κ2) is 12.0. The van der Waals surface area contributed by atoms with Crippen molar-refractivity contribution in [2.24, 2.45) is 0 Å². The molecule has 0 aromatic heterocycles. The molecule has 0 spiro atoms. The van der Waals surface area contributed by atoms with Crippen molar-refractivity contribution in [1.29, 1.82) is 0 Å². The van der Waals surface area contributed by atoms with Crippen LogP contribution in [0.15, 0.2) is 53.0 Å². The second-order valence-corrected chi connectivity index (χ2v) is 12.0. The maximum Gasteiger partial charge on any atom is 0.244 e. The zero-order valence-corrected chi connectivity index (χ0v) is 22.9. The largest absolute Gasteiger partial charge is 0.352 e. The molecule has 35 heavy (non-hydrogen) atoms. The van der Waals surface area contributed by atoms with Gasteiger partial charge in [-0.05, 0) is 60.3 Å². The molecular formula is C26H34BrN3O4S. The third-order valence-electron chi connectivity index (χ3n) is 6.39. The van der Waals surface area contributed by atoms with E-state index in [2.05, 4.69) is 21.2 Å². The van der Waals surface area contributed by atoms with Crippen molar-refractivity contribution in [3.05, 3.63) is 64.1 Å². The zero-order valence-electron chi connectivity index (χ0n) is 20.5. The number of carbonyl (C=O) groups excluding carboxylic acids is 2. The van der Waals surface area contributed by atoms with Crippen molar-refractivity contribution in [3.8, 4) is 0 Å². The highest BCUT2D eigenvalue weighted by molar-refractivity contribution is 9.10. The number of aryl methyl sites for hydroxylation is 1. The summed E-state index contributed by atoms with van der Waals surface area (Å²) in [6.07, 6.45) is 6.29. The Morgan fingerprint density at radius 3 is 2.29 bits per heavy atom. The van der Waals surface area contributed by atoms with Crippen LogP contribution in [0.1, 0.15) is 50.2 Å². The van der Waals surface area contributed by atoms with E-state index in [0.29, 0.717) is 10.2 Å². The average Bonchev–Trinajstić information content (AvgIpc) is 2.82. The first kappa shape index (κ1) is 27.2. The predicted molar refractivity (Wildman–Crippen MR) is 143 cm³/mol. The van der Waals surface area contributed by atoms with Crippen molar-refractivity contribution >= 4 is 43.5 Å². The van der Waals surface area contributed by atoms with E-state index >= 15 is 0 Å². The highest BCUT2D eigenvalue weighted by atomic mass is 79.9. The van der Waals surface area contributed by atoms with E-state index in [1.54, 1.807) is 31.2 Å². The van der Waals surface area contributed by atoms with Gasteiger partial charge in [-0.15, -0.1) is 0 Å². The summed E-state index contributed by atoms with van der Waals surface area (Å²) in [6.45, 7) is 3.47. The third-order valence-corrected chi connectivity index (χ3v) is 8.19. The monoisotopic (exact) mass is 563 g/mol. The summed E-state index contributed by atoms with van der Waals surface area (Å²) in [5, 5.41) is 3.10. The number of amides is 2. The molecular weight excluding hydrogens is 530 g/mol. The number of anilines is 1. The van der Waals surface area contributed by atoms with Crippen LogP contribution in [0, 0.1) is 6.92 Å². The van der Waals surface area contributed by atoms with Gasteiger partial charge in [0.2, 0.25) is 21.8 Å². The summed E-state index contributed by atoms with van der Waals surface area (Å²) in [5.41, 5.74) is 2.33. The minimum absolute atomic E-state index is 0.114. The molecule has 7 nitrogen and oxygen atoms in total. The van der Waals surface area contributed by atoms with Crippen LogP contribution in [0.3, 0.4) is 0 Å². The summed E-state index contributed by atoms with van der Waals surface area (Å²) >= 11 is 3.39. The third kappa shape index (κ3) is 7.54. The fraction of sp³-hybridized carbons (Fsp3) is 0.462. The molecule has 2 amide bonds. The molecule has 0 saturated heterocycles. The van der Waals surface area contributed by atoms with Gasteiger partial charge < -0.3 is 10.2 Å². The van der Waals surface area contributed by atoms with E-state index in [4.69, 9.17) is 0 Å². The van der Waals surface area contributed by atoms with Gasteiger partial charge >= 0.3 is 0 Å². The minimum Gasteiger partial charge on any atom is -0.352 e. The van der Waals surface area contributed by atoms with Crippen LogP contribution in [0.2, 0.25) is 0 Å². The molecule has 0 heterocycles. The number of hydrogen-bond donors (Lipinski definition) is 1. The Kier molecular flexibility index (Phi) is 9.35. The van der Waals surface area contributed by atoms with Crippen molar-refractivity contribution in [1.82, 2.24) is 10.2 Å². The van der Waals surface area contributed by atoms with Crippen LogP contribution >= 0.6 is 15.9 Å². The van der Waals surface area contributed by atoms with Crippen LogP contribution in [0.5, 0.6) is 0 Å².